The van der Waals surface area contributed by atoms with Gasteiger partial charge in [0.2, 0.25) is 0 Å². The molecule has 0 amide bonds. The largest absolute Gasteiger partial charge is 0.493 e. The second kappa shape index (κ2) is 10.8. The molecule has 34 heavy (non-hydrogen) atoms. The number of hydrogen-bond donors (Lipinski definition) is 3. The molecule has 0 aliphatic heterocycles. The molecular weight excluding hydrogens is 446 g/mol. The van der Waals surface area contributed by atoms with Crippen molar-refractivity contribution in [2.75, 3.05) is 43.8 Å². The summed E-state index contributed by atoms with van der Waals surface area (Å²) in [6.07, 6.45) is 4.20. The highest BCUT2D eigenvalue weighted by atomic mass is 32.1. The van der Waals surface area contributed by atoms with Crippen LogP contribution >= 0.6 is 12.2 Å². The van der Waals surface area contributed by atoms with Gasteiger partial charge in [0.05, 0.1) is 19.7 Å². The van der Waals surface area contributed by atoms with Gasteiger partial charge in [-0.2, -0.15) is 0 Å². The second-order valence-electron chi connectivity index (χ2n) is 8.80. The molecule has 180 valence electrons. The Morgan fingerprint density at radius 1 is 0.941 bits per heavy atom. The monoisotopic (exact) mass is 479 g/mol. The molecule has 2 aromatic carbocycles. The van der Waals surface area contributed by atoms with Crippen LogP contribution in [0.1, 0.15) is 25.7 Å². The van der Waals surface area contributed by atoms with Crippen molar-refractivity contribution >= 4 is 45.4 Å². The predicted molar refractivity (Wildman–Crippen MR) is 145 cm³/mol. The van der Waals surface area contributed by atoms with Crippen molar-refractivity contribution in [1.29, 1.82) is 0 Å². The normalized spacial score (nSPS) is 17.6. The van der Waals surface area contributed by atoms with Crippen molar-refractivity contribution in [3.63, 3.8) is 0 Å². The lowest BCUT2D eigenvalue weighted by molar-refractivity contribution is 0.355. The van der Waals surface area contributed by atoms with Gasteiger partial charge in [-0.1, -0.05) is 18.2 Å². The van der Waals surface area contributed by atoms with E-state index >= 15 is 0 Å². The van der Waals surface area contributed by atoms with Gasteiger partial charge >= 0.3 is 0 Å². The van der Waals surface area contributed by atoms with E-state index in [-0.39, 0.29) is 0 Å². The van der Waals surface area contributed by atoms with E-state index in [0.717, 1.165) is 42.7 Å². The van der Waals surface area contributed by atoms with Crippen molar-refractivity contribution in [3.8, 4) is 11.5 Å². The Kier molecular flexibility index (Phi) is 7.57. The molecule has 1 saturated carbocycles. The molecule has 1 aliphatic rings. The number of hydrogen-bond acceptors (Lipinski definition) is 6. The van der Waals surface area contributed by atoms with Crippen LogP contribution in [0.3, 0.4) is 0 Å². The van der Waals surface area contributed by atoms with Crippen molar-refractivity contribution < 1.29 is 9.47 Å². The molecule has 0 radical (unpaired) electrons. The van der Waals surface area contributed by atoms with E-state index in [1.165, 1.54) is 11.1 Å². The number of rotatable bonds is 7. The summed E-state index contributed by atoms with van der Waals surface area (Å²) in [5.41, 5.74) is 3.05. The fraction of sp³-hybridized carbons (Fsp3) is 0.385. The van der Waals surface area contributed by atoms with Crippen molar-refractivity contribution in [3.05, 3.63) is 48.5 Å². The summed E-state index contributed by atoms with van der Waals surface area (Å²) in [5, 5.41) is 12.2. The Bertz CT molecular complexity index is 1150. The Morgan fingerprint density at radius 3 is 2.35 bits per heavy atom. The van der Waals surface area contributed by atoms with Gasteiger partial charge < -0.3 is 30.3 Å². The van der Waals surface area contributed by atoms with Gasteiger partial charge in [-0.3, -0.25) is 0 Å². The van der Waals surface area contributed by atoms with Crippen LogP contribution in [0.25, 0.3) is 10.9 Å². The zero-order chi connectivity index (χ0) is 24.1. The molecule has 1 aromatic heterocycles. The van der Waals surface area contributed by atoms with Gasteiger partial charge in [0.1, 0.15) is 5.82 Å². The fourth-order valence-corrected chi connectivity index (χ4v) is 4.74. The number of thiocarbonyl (C=S) groups is 1. The summed E-state index contributed by atoms with van der Waals surface area (Å²) >= 11 is 5.55. The fourth-order valence-electron chi connectivity index (χ4n) is 4.46. The smallest absolute Gasteiger partial charge is 0.170 e. The first-order chi connectivity index (χ1) is 16.5. The number of fused-ring (bicyclic) bond motifs is 1. The van der Waals surface area contributed by atoms with E-state index < -0.39 is 0 Å². The lowest BCUT2D eigenvalue weighted by Crippen LogP contribution is -2.42. The molecule has 0 atom stereocenters. The summed E-state index contributed by atoms with van der Waals surface area (Å²) in [6, 6.07) is 16.8. The number of aromatic nitrogens is 1. The number of ether oxygens (including phenoxy) is 2. The van der Waals surface area contributed by atoms with E-state index in [2.05, 4.69) is 59.2 Å². The van der Waals surface area contributed by atoms with Crippen LogP contribution in [-0.2, 0) is 0 Å². The third kappa shape index (κ3) is 5.62. The minimum absolute atomic E-state index is 0.347. The van der Waals surface area contributed by atoms with Crippen LogP contribution in [0.5, 0.6) is 11.5 Å². The van der Waals surface area contributed by atoms with Gasteiger partial charge in [-0.15, -0.1) is 0 Å². The maximum Gasteiger partial charge on any atom is 0.170 e. The molecule has 8 heteroatoms. The minimum atomic E-state index is 0.347. The van der Waals surface area contributed by atoms with E-state index in [0.29, 0.717) is 28.7 Å². The van der Waals surface area contributed by atoms with Gasteiger partial charge in [-0.25, -0.2) is 4.98 Å². The molecule has 4 rings (SSSR count). The van der Waals surface area contributed by atoms with Gasteiger partial charge in [0.25, 0.3) is 0 Å². The zero-order valence-corrected chi connectivity index (χ0v) is 21.0. The molecule has 0 saturated heterocycles. The Morgan fingerprint density at radius 2 is 1.65 bits per heavy atom. The molecule has 1 heterocycles. The highest BCUT2D eigenvalue weighted by Gasteiger charge is 2.22. The predicted octanol–water partition coefficient (Wildman–Crippen LogP) is 5.03. The standard InChI is InChI=1S/C26H33N5O2S/c1-31(2)22-16-25(30-21-8-6-5-7-20(21)22)27-17-9-11-18(12-10-17)28-26(34)29-19-13-14-23(32-3)24(15-19)33-4/h5-8,13-18H,9-12H2,1-4H3,(H,27,30)(H2,28,29,34). The van der Waals surface area contributed by atoms with Crippen LogP contribution in [-0.4, -0.2) is 50.5 Å². The number of methoxy groups -OCH3 is 2. The molecule has 0 bridgehead atoms. The lowest BCUT2D eigenvalue weighted by Gasteiger charge is -2.31. The molecular formula is C26H33N5O2S. The van der Waals surface area contributed by atoms with Gasteiger partial charge in [0, 0.05) is 55.1 Å². The van der Waals surface area contributed by atoms with Crippen molar-refractivity contribution in [2.24, 2.45) is 0 Å². The van der Waals surface area contributed by atoms with E-state index in [4.69, 9.17) is 26.7 Å². The highest BCUT2D eigenvalue weighted by Crippen LogP contribution is 2.31. The second-order valence-corrected chi connectivity index (χ2v) is 9.21. The highest BCUT2D eigenvalue weighted by molar-refractivity contribution is 7.80. The number of nitrogens with one attached hydrogen (secondary N) is 3. The summed E-state index contributed by atoms with van der Waals surface area (Å²) in [6.45, 7) is 0. The topological polar surface area (TPSA) is 70.7 Å². The molecule has 3 aromatic rings. The first kappa shape index (κ1) is 23.9. The van der Waals surface area contributed by atoms with E-state index in [9.17, 15) is 0 Å². The maximum absolute atomic E-state index is 5.55. The number of nitrogens with zero attached hydrogens (tertiary/aromatic N) is 2. The number of pyridine rings is 1. The van der Waals surface area contributed by atoms with E-state index in [1.807, 2.05) is 24.3 Å². The van der Waals surface area contributed by atoms with Gasteiger partial charge in [-0.05, 0) is 56.1 Å². The Hall–Kier alpha value is -3.26. The van der Waals surface area contributed by atoms with Crippen LogP contribution in [0, 0.1) is 0 Å². The zero-order valence-electron chi connectivity index (χ0n) is 20.2. The Labute approximate surface area is 206 Å². The molecule has 0 spiro atoms. The van der Waals surface area contributed by atoms with Crippen molar-refractivity contribution in [2.45, 2.75) is 37.8 Å². The summed E-state index contributed by atoms with van der Waals surface area (Å²) in [7, 11) is 7.39. The number of para-hydroxylation sites is 1. The number of anilines is 3. The quantitative estimate of drug-likeness (QED) is 0.408. The van der Waals surface area contributed by atoms with Gasteiger partial charge in [0.15, 0.2) is 16.6 Å². The van der Waals surface area contributed by atoms with E-state index in [1.54, 1.807) is 14.2 Å². The van der Waals surface area contributed by atoms with Crippen LogP contribution in [0.15, 0.2) is 48.5 Å². The average molecular weight is 480 g/mol. The molecule has 0 unspecified atom stereocenters. The molecule has 1 fully saturated rings. The molecule has 3 N–H and O–H groups in total. The Balaban J connectivity index is 1.31. The molecule has 7 nitrogen and oxygen atoms in total. The first-order valence-electron chi connectivity index (χ1n) is 11.6. The first-order valence-corrected chi connectivity index (χ1v) is 12.0. The summed E-state index contributed by atoms with van der Waals surface area (Å²) in [4.78, 5) is 6.99. The van der Waals surface area contributed by atoms with Crippen LogP contribution in [0.2, 0.25) is 0 Å². The summed E-state index contributed by atoms with van der Waals surface area (Å²) < 4.78 is 10.7. The average Bonchev–Trinajstić information content (AvgIpc) is 2.84. The van der Waals surface area contributed by atoms with Crippen molar-refractivity contribution in [1.82, 2.24) is 10.3 Å². The molecule has 1 aliphatic carbocycles. The third-order valence-corrected chi connectivity index (χ3v) is 6.45. The SMILES string of the molecule is COc1ccc(NC(=S)NC2CCC(Nc3cc(N(C)C)c4ccccc4n3)CC2)cc1OC. The van der Waals surface area contributed by atoms with Crippen LogP contribution < -0.4 is 30.3 Å². The van der Waals surface area contributed by atoms with Crippen LogP contribution in [0.4, 0.5) is 17.2 Å². The minimum Gasteiger partial charge on any atom is -0.493 e. The third-order valence-electron chi connectivity index (χ3n) is 6.23. The number of benzene rings is 2. The lowest BCUT2D eigenvalue weighted by atomic mass is 9.91. The maximum atomic E-state index is 5.55. The summed E-state index contributed by atoms with van der Waals surface area (Å²) in [5.74, 6) is 2.29.